The van der Waals surface area contributed by atoms with E-state index in [1.54, 1.807) is 6.07 Å². The fourth-order valence-electron chi connectivity index (χ4n) is 3.25. The Morgan fingerprint density at radius 2 is 1.61 bits per heavy atom. The number of fused-ring (bicyclic) bond motifs is 1. The Labute approximate surface area is 179 Å². The van der Waals surface area contributed by atoms with Gasteiger partial charge in [0, 0.05) is 25.9 Å². The van der Waals surface area contributed by atoms with E-state index in [9.17, 15) is 24.0 Å². The first-order valence-corrected chi connectivity index (χ1v) is 10.4. The molecule has 0 aliphatic carbocycles. The van der Waals surface area contributed by atoms with Gasteiger partial charge < -0.3 is 15.5 Å². The van der Waals surface area contributed by atoms with Gasteiger partial charge in [-0.25, -0.2) is 0 Å². The van der Waals surface area contributed by atoms with E-state index in [1.165, 1.54) is 12.1 Å². The number of nitrogens with zero attached hydrogens (tertiary/aromatic N) is 1. The normalized spacial score (nSPS) is 10.6. The number of H-pyrrole nitrogens is 2. The van der Waals surface area contributed by atoms with Crippen LogP contribution in [0, 0.1) is 0 Å². The topological polar surface area (TPSA) is 144 Å². The second-order valence-corrected chi connectivity index (χ2v) is 7.20. The minimum absolute atomic E-state index is 0.0328. The maximum atomic E-state index is 12.2. The highest BCUT2D eigenvalue weighted by atomic mass is 16.2. The Bertz CT molecular complexity index is 1040. The third-order valence-electron chi connectivity index (χ3n) is 4.68. The highest BCUT2D eigenvalue weighted by Gasteiger charge is 2.14. The fraction of sp³-hybridized carbons (Fsp3) is 0.476. The molecule has 0 radical (unpaired) electrons. The molecule has 0 saturated heterocycles. The van der Waals surface area contributed by atoms with Crippen molar-refractivity contribution < 1.29 is 14.4 Å². The third kappa shape index (κ3) is 6.80. The molecule has 2 aromatic rings. The van der Waals surface area contributed by atoms with Gasteiger partial charge >= 0.3 is 0 Å². The van der Waals surface area contributed by atoms with Crippen LogP contribution in [0.4, 0.5) is 5.69 Å². The van der Waals surface area contributed by atoms with E-state index in [0.29, 0.717) is 19.5 Å². The number of nitrogens with one attached hydrogen (secondary N) is 4. The smallest absolute Gasteiger partial charge is 0.272 e. The minimum atomic E-state index is -0.542. The van der Waals surface area contributed by atoms with Crippen LogP contribution in [-0.2, 0) is 14.4 Å². The quantitative estimate of drug-likeness (QED) is 0.421. The first kappa shape index (κ1) is 23.8. The second-order valence-electron chi connectivity index (χ2n) is 7.20. The summed E-state index contributed by atoms with van der Waals surface area (Å²) in [5, 5.41) is 9.69. The molecule has 1 heterocycles. The molecule has 4 N–H and O–H groups in total. The summed E-state index contributed by atoms with van der Waals surface area (Å²) >= 11 is 0. The number of anilines is 1. The highest BCUT2D eigenvalue weighted by Crippen LogP contribution is 2.16. The summed E-state index contributed by atoms with van der Waals surface area (Å²) in [5.41, 5.74) is -0.842. The third-order valence-corrected chi connectivity index (χ3v) is 4.68. The van der Waals surface area contributed by atoms with E-state index in [1.807, 2.05) is 18.7 Å². The summed E-state index contributed by atoms with van der Waals surface area (Å²) in [7, 11) is 0. The Balaban J connectivity index is 1.83. The largest absolute Gasteiger partial charge is 0.347 e. The molecular formula is C21H29N5O5. The van der Waals surface area contributed by atoms with Crippen LogP contribution in [0.2, 0.25) is 0 Å². The molecular weight excluding hydrogens is 402 g/mol. The molecule has 10 nitrogen and oxygen atoms in total. The molecule has 0 bridgehead atoms. The van der Waals surface area contributed by atoms with Crippen LogP contribution in [0.25, 0.3) is 10.8 Å². The van der Waals surface area contributed by atoms with Gasteiger partial charge in [0.2, 0.25) is 17.7 Å². The predicted molar refractivity (Wildman–Crippen MR) is 118 cm³/mol. The van der Waals surface area contributed by atoms with Crippen LogP contribution in [0.15, 0.2) is 27.8 Å². The molecule has 0 unspecified atom stereocenters. The molecule has 0 saturated carbocycles. The van der Waals surface area contributed by atoms with Gasteiger partial charge in [0.25, 0.3) is 11.1 Å². The van der Waals surface area contributed by atoms with Crippen LogP contribution in [0.1, 0.15) is 46.0 Å². The van der Waals surface area contributed by atoms with Gasteiger partial charge in [0.1, 0.15) is 0 Å². The van der Waals surface area contributed by atoms with Crippen molar-refractivity contribution in [1.82, 2.24) is 20.4 Å². The van der Waals surface area contributed by atoms with Crippen LogP contribution < -0.4 is 21.8 Å². The molecule has 2 rings (SSSR count). The van der Waals surface area contributed by atoms with Crippen molar-refractivity contribution in [1.29, 1.82) is 0 Å². The number of benzene rings is 1. The predicted octanol–water partition coefficient (Wildman–Crippen LogP) is 1.09. The van der Waals surface area contributed by atoms with Crippen LogP contribution in [-0.4, -0.2) is 52.5 Å². The van der Waals surface area contributed by atoms with E-state index in [2.05, 4.69) is 20.8 Å². The van der Waals surface area contributed by atoms with Gasteiger partial charge in [-0.15, -0.1) is 0 Å². The van der Waals surface area contributed by atoms with E-state index >= 15 is 0 Å². The standard InChI is InChI=1S/C21H29N5O5/c1-3-11-26(12-4-2)18(29)10-6-9-16(27)22-13-17(28)23-15-8-5-7-14-19(15)21(31)25-24-20(14)30/h5,7-8H,3-4,6,9-13H2,1-2H3,(H,22,27)(H,23,28)(H,24,30)(H,25,31). The first-order valence-electron chi connectivity index (χ1n) is 10.4. The number of aromatic nitrogens is 2. The Kier molecular flexibility index (Phi) is 8.98. The highest BCUT2D eigenvalue weighted by molar-refractivity contribution is 6.02. The van der Waals surface area contributed by atoms with Crippen molar-refractivity contribution in [2.45, 2.75) is 46.0 Å². The van der Waals surface area contributed by atoms with Crippen LogP contribution in [0.3, 0.4) is 0 Å². The lowest BCUT2D eigenvalue weighted by Gasteiger charge is -2.21. The summed E-state index contributed by atoms with van der Waals surface area (Å²) in [4.78, 5) is 62.1. The maximum Gasteiger partial charge on any atom is 0.272 e. The van der Waals surface area contributed by atoms with Crippen molar-refractivity contribution in [2.75, 3.05) is 25.0 Å². The first-order chi connectivity index (χ1) is 14.9. The Hall–Kier alpha value is -3.43. The molecule has 0 aliphatic rings. The number of hydrogen-bond acceptors (Lipinski definition) is 5. The Morgan fingerprint density at radius 1 is 0.935 bits per heavy atom. The van der Waals surface area contributed by atoms with Crippen molar-refractivity contribution in [3.63, 3.8) is 0 Å². The zero-order valence-electron chi connectivity index (χ0n) is 17.9. The Morgan fingerprint density at radius 3 is 2.29 bits per heavy atom. The second kappa shape index (κ2) is 11.7. The number of amides is 3. The monoisotopic (exact) mass is 431 g/mol. The molecule has 0 fully saturated rings. The number of hydrogen-bond donors (Lipinski definition) is 4. The van der Waals surface area contributed by atoms with Crippen molar-refractivity contribution in [3.8, 4) is 0 Å². The average molecular weight is 431 g/mol. The molecule has 31 heavy (non-hydrogen) atoms. The van der Waals surface area contributed by atoms with Gasteiger partial charge in [-0.05, 0) is 31.4 Å². The van der Waals surface area contributed by atoms with Crippen LogP contribution in [0.5, 0.6) is 0 Å². The molecule has 1 aromatic carbocycles. The molecule has 3 amide bonds. The lowest BCUT2D eigenvalue weighted by Crippen LogP contribution is -2.34. The molecule has 0 aliphatic heterocycles. The molecule has 168 valence electrons. The van der Waals surface area contributed by atoms with Crippen LogP contribution >= 0.6 is 0 Å². The summed E-state index contributed by atoms with van der Waals surface area (Å²) in [6, 6.07) is 4.52. The summed E-state index contributed by atoms with van der Waals surface area (Å²) in [5.74, 6) is -0.841. The average Bonchev–Trinajstić information content (AvgIpc) is 2.74. The summed E-state index contributed by atoms with van der Waals surface area (Å²) in [6.07, 6.45) is 2.59. The van der Waals surface area contributed by atoms with Gasteiger partial charge in [0.05, 0.1) is 23.0 Å². The lowest BCUT2D eigenvalue weighted by molar-refractivity contribution is -0.131. The fourth-order valence-corrected chi connectivity index (χ4v) is 3.25. The zero-order valence-corrected chi connectivity index (χ0v) is 17.9. The number of carbonyl (C=O) groups is 3. The molecule has 10 heteroatoms. The van der Waals surface area contributed by atoms with Crippen molar-refractivity contribution in [2.24, 2.45) is 0 Å². The van der Waals surface area contributed by atoms with Crippen molar-refractivity contribution >= 4 is 34.2 Å². The number of rotatable bonds is 11. The molecule has 1 aromatic heterocycles. The number of aromatic amines is 2. The maximum absolute atomic E-state index is 12.2. The number of carbonyl (C=O) groups excluding carboxylic acids is 3. The van der Waals surface area contributed by atoms with Gasteiger partial charge in [0.15, 0.2) is 0 Å². The molecule has 0 spiro atoms. The lowest BCUT2D eigenvalue weighted by atomic mass is 10.1. The van der Waals surface area contributed by atoms with Gasteiger partial charge in [-0.3, -0.25) is 34.2 Å². The minimum Gasteiger partial charge on any atom is -0.347 e. The molecule has 0 atom stereocenters. The van der Waals surface area contributed by atoms with Gasteiger partial charge in [-0.1, -0.05) is 19.9 Å². The van der Waals surface area contributed by atoms with E-state index < -0.39 is 17.0 Å². The van der Waals surface area contributed by atoms with E-state index in [-0.39, 0.29) is 47.7 Å². The van der Waals surface area contributed by atoms with E-state index in [0.717, 1.165) is 12.8 Å². The SMILES string of the molecule is CCCN(CCC)C(=O)CCCC(=O)NCC(=O)Nc1cccc2c(=O)[nH][nH]c(=O)c12. The zero-order chi connectivity index (χ0) is 22.8. The van der Waals surface area contributed by atoms with E-state index in [4.69, 9.17) is 0 Å². The van der Waals surface area contributed by atoms with Crippen molar-refractivity contribution in [3.05, 3.63) is 38.9 Å². The summed E-state index contributed by atoms with van der Waals surface area (Å²) in [6.45, 7) is 5.16. The van der Waals surface area contributed by atoms with Gasteiger partial charge in [-0.2, -0.15) is 0 Å². The summed E-state index contributed by atoms with van der Waals surface area (Å²) < 4.78 is 0.